The van der Waals surface area contributed by atoms with Gasteiger partial charge in [-0.05, 0) is 0 Å². The number of alkyl halides is 3. The largest absolute Gasteiger partial charge is 0.390 e. The average molecular weight is 198 g/mol. The second-order valence-corrected chi connectivity index (χ2v) is 2.96. The zero-order chi connectivity index (χ0) is 9.03. The molecule has 0 atom stereocenters. The smallest absolute Gasteiger partial charge is 0.314 e. The van der Waals surface area contributed by atoms with Crippen LogP contribution in [0.5, 0.6) is 0 Å². The Labute approximate surface area is 77.1 Å². The van der Waals surface area contributed by atoms with Gasteiger partial charge in [-0.1, -0.05) is 7.43 Å². The Bertz CT molecular complexity index is 130. The van der Waals surface area contributed by atoms with Crippen LogP contribution in [-0.4, -0.2) is 43.8 Å². The lowest BCUT2D eigenvalue weighted by Crippen LogP contribution is -2.44. The minimum Gasteiger partial charge on any atom is -0.314 e. The molecule has 13 heavy (non-hydrogen) atoms. The molecule has 2 nitrogen and oxygen atoms in total. The van der Waals surface area contributed by atoms with E-state index in [0.29, 0.717) is 0 Å². The van der Waals surface area contributed by atoms with Crippen molar-refractivity contribution in [3.05, 3.63) is 0 Å². The fourth-order valence-corrected chi connectivity index (χ4v) is 1.22. The first kappa shape index (κ1) is 12.7. The number of halogens is 3. The van der Waals surface area contributed by atoms with E-state index in [9.17, 15) is 13.2 Å². The van der Waals surface area contributed by atoms with Gasteiger partial charge in [0.15, 0.2) is 0 Å². The summed E-state index contributed by atoms with van der Waals surface area (Å²) in [5.74, 6) is 0. The van der Waals surface area contributed by atoms with Gasteiger partial charge >= 0.3 is 6.18 Å². The summed E-state index contributed by atoms with van der Waals surface area (Å²) >= 11 is 0. The van der Waals surface area contributed by atoms with Crippen LogP contribution in [0.4, 0.5) is 13.2 Å². The van der Waals surface area contributed by atoms with Crippen molar-refractivity contribution in [1.82, 2.24) is 10.2 Å². The molecule has 1 fully saturated rings. The van der Waals surface area contributed by atoms with E-state index in [1.54, 1.807) is 0 Å². The summed E-state index contributed by atoms with van der Waals surface area (Å²) in [5.41, 5.74) is 0. The molecular weight excluding hydrogens is 181 g/mol. The molecule has 0 bridgehead atoms. The Morgan fingerprint density at radius 1 is 1.15 bits per heavy atom. The summed E-state index contributed by atoms with van der Waals surface area (Å²) in [7, 11) is 0. The number of nitrogens with zero attached hydrogens (tertiary/aromatic N) is 1. The molecule has 0 radical (unpaired) electrons. The quantitative estimate of drug-likeness (QED) is 0.723. The van der Waals surface area contributed by atoms with Crippen LogP contribution in [-0.2, 0) is 0 Å². The van der Waals surface area contributed by atoms with Crippen LogP contribution < -0.4 is 5.32 Å². The molecule has 1 saturated heterocycles. The molecule has 5 heteroatoms. The highest BCUT2D eigenvalue weighted by molar-refractivity contribution is 4.68. The van der Waals surface area contributed by atoms with Crippen molar-refractivity contribution in [3.8, 4) is 0 Å². The van der Waals surface area contributed by atoms with E-state index in [1.165, 1.54) is 0 Å². The second kappa shape index (κ2) is 5.44. The number of hydrogen-bond acceptors (Lipinski definition) is 2. The Morgan fingerprint density at radius 2 is 1.69 bits per heavy atom. The lowest BCUT2D eigenvalue weighted by molar-refractivity contribution is -0.138. The average Bonchev–Trinajstić information content (AvgIpc) is 2.02. The van der Waals surface area contributed by atoms with Gasteiger partial charge in [-0.15, -0.1) is 0 Å². The molecule has 1 heterocycles. The standard InChI is InChI=1S/C7H13F3N2.CH4/c8-7(9,10)1-4-12-5-2-11-3-6-12;/h11H,1-6H2;1H4. The van der Waals surface area contributed by atoms with E-state index >= 15 is 0 Å². The highest BCUT2D eigenvalue weighted by atomic mass is 19.4. The molecule has 1 aliphatic rings. The minimum atomic E-state index is -4.01. The molecule has 0 unspecified atom stereocenters. The first-order chi connectivity index (χ1) is 5.58. The molecular formula is C8H17F3N2. The van der Waals surface area contributed by atoms with Crippen molar-refractivity contribution in [2.24, 2.45) is 0 Å². The Balaban J connectivity index is 0.00000144. The lowest BCUT2D eigenvalue weighted by Gasteiger charge is -2.27. The summed E-state index contributed by atoms with van der Waals surface area (Å²) in [6.45, 7) is 3.22. The van der Waals surface area contributed by atoms with Crippen LogP contribution in [0.3, 0.4) is 0 Å². The summed E-state index contributed by atoms with van der Waals surface area (Å²) in [6, 6.07) is 0. The van der Waals surface area contributed by atoms with E-state index in [0.717, 1.165) is 26.2 Å². The summed E-state index contributed by atoms with van der Waals surface area (Å²) in [6.07, 6.45) is -4.70. The van der Waals surface area contributed by atoms with Gasteiger partial charge in [-0.2, -0.15) is 13.2 Å². The maximum absolute atomic E-state index is 11.8. The first-order valence-electron chi connectivity index (χ1n) is 4.08. The molecule has 0 aliphatic carbocycles. The SMILES string of the molecule is C.FC(F)(F)CCN1CCNCC1. The number of piperazine rings is 1. The molecule has 0 spiro atoms. The van der Waals surface area contributed by atoms with Crippen LogP contribution in [0.15, 0.2) is 0 Å². The van der Waals surface area contributed by atoms with Crippen molar-refractivity contribution in [2.75, 3.05) is 32.7 Å². The van der Waals surface area contributed by atoms with Crippen molar-refractivity contribution < 1.29 is 13.2 Å². The normalized spacial score (nSPS) is 19.6. The maximum Gasteiger partial charge on any atom is 0.390 e. The zero-order valence-corrected chi connectivity index (χ0v) is 6.82. The van der Waals surface area contributed by atoms with E-state index in [1.807, 2.05) is 4.90 Å². The van der Waals surface area contributed by atoms with E-state index < -0.39 is 12.6 Å². The van der Waals surface area contributed by atoms with Gasteiger partial charge in [-0.25, -0.2) is 0 Å². The van der Waals surface area contributed by atoms with Crippen LogP contribution in [0, 0.1) is 0 Å². The zero-order valence-electron chi connectivity index (χ0n) is 6.82. The Kier molecular flexibility index (Phi) is 5.32. The highest BCUT2D eigenvalue weighted by Gasteiger charge is 2.27. The van der Waals surface area contributed by atoms with Crippen molar-refractivity contribution in [3.63, 3.8) is 0 Å². The van der Waals surface area contributed by atoms with Crippen LogP contribution in [0.25, 0.3) is 0 Å². The molecule has 1 aliphatic heterocycles. The first-order valence-corrected chi connectivity index (χ1v) is 4.08. The topological polar surface area (TPSA) is 15.3 Å². The van der Waals surface area contributed by atoms with Gasteiger partial charge in [0, 0.05) is 32.7 Å². The van der Waals surface area contributed by atoms with Gasteiger partial charge < -0.3 is 10.2 Å². The van der Waals surface area contributed by atoms with Gasteiger partial charge in [0.1, 0.15) is 0 Å². The Morgan fingerprint density at radius 3 is 2.15 bits per heavy atom. The lowest BCUT2D eigenvalue weighted by atomic mass is 10.3. The van der Waals surface area contributed by atoms with Crippen molar-refractivity contribution in [1.29, 1.82) is 0 Å². The summed E-state index contributed by atoms with van der Waals surface area (Å²) in [5, 5.41) is 3.09. The van der Waals surface area contributed by atoms with Crippen LogP contribution >= 0.6 is 0 Å². The molecule has 0 aromatic rings. The van der Waals surface area contributed by atoms with E-state index in [2.05, 4.69) is 5.32 Å². The molecule has 80 valence electrons. The molecule has 0 saturated carbocycles. The maximum atomic E-state index is 11.8. The third-order valence-corrected chi connectivity index (χ3v) is 1.92. The van der Waals surface area contributed by atoms with E-state index in [4.69, 9.17) is 0 Å². The Hall–Kier alpha value is -0.290. The third kappa shape index (κ3) is 5.87. The van der Waals surface area contributed by atoms with Gasteiger partial charge in [0.2, 0.25) is 0 Å². The second-order valence-electron chi connectivity index (χ2n) is 2.96. The minimum absolute atomic E-state index is 0. The molecule has 1 rings (SSSR count). The third-order valence-electron chi connectivity index (χ3n) is 1.92. The van der Waals surface area contributed by atoms with Crippen molar-refractivity contribution >= 4 is 0 Å². The number of nitrogens with one attached hydrogen (secondary N) is 1. The monoisotopic (exact) mass is 198 g/mol. The van der Waals surface area contributed by atoms with Gasteiger partial charge in [-0.3, -0.25) is 0 Å². The summed E-state index contributed by atoms with van der Waals surface area (Å²) in [4.78, 5) is 1.84. The molecule has 0 aromatic heterocycles. The van der Waals surface area contributed by atoms with Crippen molar-refractivity contribution in [2.45, 2.75) is 20.0 Å². The van der Waals surface area contributed by atoms with Gasteiger partial charge in [0.05, 0.1) is 6.42 Å². The molecule has 0 amide bonds. The van der Waals surface area contributed by atoms with E-state index in [-0.39, 0.29) is 14.0 Å². The van der Waals surface area contributed by atoms with Crippen LogP contribution in [0.2, 0.25) is 0 Å². The number of rotatable bonds is 2. The predicted molar refractivity (Wildman–Crippen MR) is 46.7 cm³/mol. The highest BCUT2D eigenvalue weighted by Crippen LogP contribution is 2.19. The van der Waals surface area contributed by atoms with Crippen LogP contribution in [0.1, 0.15) is 13.8 Å². The number of hydrogen-bond donors (Lipinski definition) is 1. The predicted octanol–water partition coefficient (Wildman–Crippen LogP) is 1.48. The fraction of sp³-hybridized carbons (Fsp3) is 1.00. The van der Waals surface area contributed by atoms with Gasteiger partial charge in [0.25, 0.3) is 0 Å². The summed E-state index contributed by atoms with van der Waals surface area (Å²) < 4.78 is 35.3. The molecule has 0 aromatic carbocycles. The fourth-order valence-electron chi connectivity index (χ4n) is 1.22. The molecule has 1 N–H and O–H groups in total.